The van der Waals surface area contributed by atoms with Crippen LogP contribution in [0.25, 0.3) is 0 Å². The molecule has 22 N–H and O–H groups in total. The van der Waals surface area contributed by atoms with Crippen molar-refractivity contribution in [1.29, 1.82) is 0 Å². The molecule has 0 unspecified atom stereocenters. The Labute approximate surface area is 276 Å². The maximum absolute atomic E-state index is 10.9. The van der Waals surface area contributed by atoms with Crippen molar-refractivity contribution in [2.24, 2.45) is 0 Å². The summed E-state index contributed by atoms with van der Waals surface area (Å²) < 4.78 is 38.1. The van der Waals surface area contributed by atoms with E-state index in [9.17, 15) is 71.5 Å². The molecule has 0 aliphatic carbocycles. The fourth-order valence-corrected chi connectivity index (χ4v) is 5.48. The molecule has 0 radical (unpaired) electrons. The van der Waals surface area contributed by atoms with Crippen LogP contribution in [-0.2, 0) is 33.2 Å². The van der Waals surface area contributed by atoms with Crippen LogP contribution < -0.4 is 0 Å². The maximum Gasteiger partial charge on any atom is 0.224 e. The molecule has 49 heavy (non-hydrogen) atoms. The summed E-state index contributed by atoms with van der Waals surface area (Å²) in [4.78, 5) is 0. The number of rotatable bonds is 11. The van der Waals surface area contributed by atoms with E-state index >= 15 is 0 Å². The lowest BCUT2D eigenvalue weighted by atomic mass is 9.97. The Morgan fingerprint density at radius 1 is 0.469 bits per heavy atom. The molecule has 0 aromatic carbocycles. The van der Waals surface area contributed by atoms with Crippen LogP contribution in [0.1, 0.15) is 0 Å². The predicted octanol–water partition coefficient (Wildman–Crippen LogP) is -13.0. The van der Waals surface area contributed by atoms with Gasteiger partial charge < -0.3 is 127 Å². The maximum atomic E-state index is 10.9. The minimum absolute atomic E-state index is 0. The summed E-state index contributed by atoms with van der Waals surface area (Å²) in [7, 11) is 0. The molecule has 4 fully saturated rings. The quantitative estimate of drug-likeness (QED) is 0.0935. The lowest BCUT2D eigenvalue weighted by Crippen LogP contribution is -2.66. The highest BCUT2D eigenvalue weighted by Crippen LogP contribution is 2.37. The first-order valence-corrected chi connectivity index (χ1v) is 14.1. The second-order valence-electron chi connectivity index (χ2n) is 11.2. The summed E-state index contributed by atoms with van der Waals surface area (Å²) in [5.41, 5.74) is 0. The first kappa shape index (κ1) is 48.0. The molecule has 4 aliphatic heterocycles. The standard InChI is InChI=1S/C24H42O21.4H2O/c25-1-6-10(29)14(33)17(36)21(40-6)39-4-9-12(31)15(34)18(37)22(42-9)43-19-16(35)11(30)7(2-26)41-23(19)45-24(5-28)20(38)13(32)8(3-27)44-24;;;;/h6-23,25-38H,1-5H2;4*1H2/t6-,7-,8-,9-,10+,11-,12+,13-,14+,15-,16-,17-,18-,19-,20-,21+,22-,23-,24+;;;;/m1..../s1. The van der Waals surface area contributed by atoms with Crippen molar-refractivity contribution in [3.05, 3.63) is 0 Å². The molecule has 19 atom stereocenters. The lowest BCUT2D eigenvalue weighted by Gasteiger charge is -2.47. The largest absolute Gasteiger partial charge is 0.412 e. The van der Waals surface area contributed by atoms with Gasteiger partial charge in [-0.1, -0.05) is 0 Å². The number of aliphatic hydroxyl groups excluding tert-OH is 14. The van der Waals surface area contributed by atoms with Gasteiger partial charge in [-0.25, -0.2) is 0 Å². The topological polar surface area (TPSA) is 474 Å². The van der Waals surface area contributed by atoms with Crippen LogP contribution in [0.15, 0.2) is 0 Å². The average molecular weight is 739 g/mol. The van der Waals surface area contributed by atoms with Gasteiger partial charge in [0.15, 0.2) is 18.9 Å². The normalized spacial score (nSPS) is 48.4. The van der Waals surface area contributed by atoms with Crippen LogP contribution >= 0.6 is 0 Å². The van der Waals surface area contributed by atoms with E-state index in [1.165, 1.54) is 0 Å². The van der Waals surface area contributed by atoms with Crippen LogP contribution in [0.4, 0.5) is 0 Å². The third-order valence-electron chi connectivity index (χ3n) is 8.28. The van der Waals surface area contributed by atoms with Gasteiger partial charge in [0.1, 0.15) is 98.2 Å². The van der Waals surface area contributed by atoms with E-state index in [4.69, 9.17) is 33.2 Å². The molecule has 25 heteroatoms. The van der Waals surface area contributed by atoms with Gasteiger partial charge >= 0.3 is 0 Å². The Hall–Kier alpha value is -1.00. The van der Waals surface area contributed by atoms with Crippen molar-refractivity contribution in [2.75, 3.05) is 33.0 Å². The number of ether oxygens (including phenoxy) is 7. The van der Waals surface area contributed by atoms with Crippen molar-refractivity contribution >= 4 is 0 Å². The molecule has 0 spiro atoms. The highest BCUT2D eigenvalue weighted by atomic mass is 16.8. The van der Waals surface area contributed by atoms with E-state index in [1.54, 1.807) is 0 Å². The molecule has 4 heterocycles. The monoisotopic (exact) mass is 738 g/mol. The van der Waals surface area contributed by atoms with Gasteiger partial charge in [-0.05, 0) is 0 Å². The van der Waals surface area contributed by atoms with E-state index in [0.717, 1.165) is 0 Å². The zero-order chi connectivity index (χ0) is 33.4. The van der Waals surface area contributed by atoms with E-state index in [1.807, 2.05) is 0 Å². The summed E-state index contributed by atoms with van der Waals surface area (Å²) in [5.74, 6) is -2.50. The van der Waals surface area contributed by atoms with E-state index in [0.29, 0.717) is 0 Å². The molecule has 4 aliphatic rings. The fraction of sp³-hybridized carbons (Fsp3) is 1.00. The highest BCUT2D eigenvalue weighted by molar-refractivity contribution is 4.99. The lowest BCUT2D eigenvalue weighted by molar-refractivity contribution is -0.409. The van der Waals surface area contributed by atoms with Crippen molar-refractivity contribution in [3.63, 3.8) is 0 Å². The van der Waals surface area contributed by atoms with E-state index in [2.05, 4.69) is 0 Å². The molecule has 0 bridgehead atoms. The first-order valence-electron chi connectivity index (χ1n) is 14.1. The van der Waals surface area contributed by atoms with Gasteiger partial charge in [0.25, 0.3) is 0 Å². The van der Waals surface area contributed by atoms with Gasteiger partial charge in [0, 0.05) is 0 Å². The van der Waals surface area contributed by atoms with Crippen LogP contribution in [0, 0.1) is 0 Å². The van der Waals surface area contributed by atoms with Crippen molar-refractivity contribution in [1.82, 2.24) is 0 Å². The molecule has 4 rings (SSSR count). The Morgan fingerprint density at radius 2 is 0.918 bits per heavy atom. The van der Waals surface area contributed by atoms with Gasteiger partial charge in [-0.15, -0.1) is 0 Å². The zero-order valence-electron chi connectivity index (χ0n) is 25.5. The van der Waals surface area contributed by atoms with Gasteiger partial charge in [-0.2, -0.15) is 0 Å². The zero-order valence-corrected chi connectivity index (χ0v) is 25.5. The molecule has 0 saturated carbocycles. The summed E-state index contributed by atoms with van der Waals surface area (Å²) in [6, 6.07) is 0. The number of aliphatic hydroxyl groups is 14. The van der Waals surface area contributed by atoms with Crippen LogP contribution in [-0.4, -0.2) is 243 Å². The fourth-order valence-electron chi connectivity index (χ4n) is 5.48. The van der Waals surface area contributed by atoms with Gasteiger partial charge in [0.05, 0.1) is 26.4 Å². The van der Waals surface area contributed by atoms with Crippen molar-refractivity contribution < 1.29 is 127 Å². The summed E-state index contributed by atoms with van der Waals surface area (Å²) in [6.45, 7) is -4.33. The number of hydrogen-bond acceptors (Lipinski definition) is 21. The minimum atomic E-state index is -2.50. The highest BCUT2D eigenvalue weighted by Gasteiger charge is 2.59. The molecule has 0 amide bonds. The second-order valence-corrected chi connectivity index (χ2v) is 11.2. The second kappa shape index (κ2) is 19.7. The SMILES string of the molecule is O.O.O.O.OC[C@H]1O[C@H](OC[C@H]2O[C@H](O[C@H]3[C@@H](O[C@]4(CO)O[C@H](CO)[C@@H](O)[C@H]4O)O[C@H](CO)[C@@H](O)[C@H]3O)[C@H](O)[C@H](O)[C@H]2O)[C@H](O)[C@@H](O)[C@H]1O. The van der Waals surface area contributed by atoms with Gasteiger partial charge in [-0.3, -0.25) is 0 Å². The smallest absolute Gasteiger partial charge is 0.224 e. The Balaban J connectivity index is 0.00000576. The van der Waals surface area contributed by atoms with Gasteiger partial charge in [0.2, 0.25) is 5.79 Å². The molecular formula is C24H50O25. The molecule has 0 aromatic rings. The molecule has 4 saturated heterocycles. The van der Waals surface area contributed by atoms with E-state index in [-0.39, 0.29) is 21.9 Å². The van der Waals surface area contributed by atoms with Crippen LogP contribution in [0.2, 0.25) is 0 Å². The summed E-state index contributed by atoms with van der Waals surface area (Å²) >= 11 is 0. The molecule has 0 aromatic heterocycles. The Morgan fingerprint density at radius 3 is 1.41 bits per heavy atom. The average Bonchev–Trinajstić information content (AvgIpc) is 3.28. The molecule has 25 nitrogen and oxygen atoms in total. The molecule has 296 valence electrons. The van der Waals surface area contributed by atoms with Crippen LogP contribution in [0.5, 0.6) is 0 Å². The Bertz CT molecular complexity index is 935. The third kappa shape index (κ3) is 9.33. The minimum Gasteiger partial charge on any atom is -0.412 e. The summed E-state index contributed by atoms with van der Waals surface area (Å²) in [6.07, 6.45) is -32.3. The third-order valence-corrected chi connectivity index (χ3v) is 8.28. The van der Waals surface area contributed by atoms with Crippen molar-refractivity contribution in [3.8, 4) is 0 Å². The number of hydrogen-bond donors (Lipinski definition) is 14. The van der Waals surface area contributed by atoms with Crippen molar-refractivity contribution in [2.45, 2.75) is 116 Å². The summed E-state index contributed by atoms with van der Waals surface area (Å²) in [5, 5.41) is 142. The van der Waals surface area contributed by atoms with E-state index < -0.39 is 149 Å². The predicted molar refractivity (Wildman–Crippen MR) is 148 cm³/mol. The van der Waals surface area contributed by atoms with Crippen LogP contribution in [0.3, 0.4) is 0 Å². The molecular weight excluding hydrogens is 688 g/mol. The first-order chi connectivity index (χ1) is 21.2. The Kier molecular flexibility index (Phi) is 19.3.